The van der Waals surface area contributed by atoms with Gasteiger partial charge in [0.05, 0.1) is 11.7 Å². The topological polar surface area (TPSA) is 93.5 Å². The summed E-state index contributed by atoms with van der Waals surface area (Å²) in [6.07, 6.45) is 2.47. The van der Waals surface area contributed by atoms with Crippen LogP contribution >= 0.6 is 11.8 Å². The maximum atomic E-state index is 12.6. The van der Waals surface area contributed by atoms with Gasteiger partial charge in [-0.15, -0.1) is 11.8 Å². The van der Waals surface area contributed by atoms with Gasteiger partial charge in [0.1, 0.15) is 0 Å². The van der Waals surface area contributed by atoms with E-state index in [1.54, 1.807) is 23.9 Å². The van der Waals surface area contributed by atoms with Crippen molar-refractivity contribution >= 4 is 29.4 Å². The van der Waals surface area contributed by atoms with Crippen molar-refractivity contribution in [3.63, 3.8) is 0 Å². The number of hydrogen-bond acceptors (Lipinski definition) is 4. The number of ether oxygens (including phenoxy) is 1. The van der Waals surface area contributed by atoms with Crippen molar-refractivity contribution in [2.45, 2.75) is 30.4 Å². The van der Waals surface area contributed by atoms with Gasteiger partial charge >= 0.3 is 6.03 Å². The number of carbonyl (C=O) groups is 2. The van der Waals surface area contributed by atoms with Crippen LogP contribution in [0, 0.1) is 0 Å². The molecule has 0 saturated carbocycles. The summed E-state index contributed by atoms with van der Waals surface area (Å²) in [5.74, 6) is 0.753. The number of carbonyl (C=O) groups excluding carboxylic acids is 2. The molecule has 2 aromatic rings. The molecule has 142 valence electrons. The zero-order chi connectivity index (χ0) is 19.1. The molecule has 1 saturated heterocycles. The lowest BCUT2D eigenvalue weighted by atomic mass is 10.2. The average Bonchev–Trinajstić information content (AvgIpc) is 3.19. The van der Waals surface area contributed by atoms with E-state index in [-0.39, 0.29) is 12.0 Å². The molecule has 7 heteroatoms. The Labute approximate surface area is 162 Å². The monoisotopic (exact) mass is 385 g/mol. The molecular weight excluding hydrogens is 362 g/mol. The summed E-state index contributed by atoms with van der Waals surface area (Å²) in [6.45, 7) is 1.24. The van der Waals surface area contributed by atoms with Gasteiger partial charge in [0.15, 0.2) is 0 Å². The first-order chi connectivity index (χ1) is 13.1. The van der Waals surface area contributed by atoms with E-state index in [0.717, 1.165) is 35.7 Å². The Hall–Kier alpha value is -2.51. The first kappa shape index (κ1) is 19.3. The molecule has 3 amide bonds. The summed E-state index contributed by atoms with van der Waals surface area (Å²) in [5, 5.41) is 5.45. The van der Waals surface area contributed by atoms with Gasteiger partial charge in [-0.3, -0.25) is 4.79 Å². The SMILES string of the molecule is NC(=O)Nc1ccc(CNC(=O)c2ccccc2SCC2CCCO2)cc1. The highest BCUT2D eigenvalue weighted by Crippen LogP contribution is 2.26. The standard InChI is InChI=1S/C20H23N3O3S/c21-20(25)23-15-9-7-14(8-10-15)12-22-19(24)17-5-1-2-6-18(17)27-13-16-4-3-11-26-16/h1-2,5-10,16H,3-4,11-13H2,(H,22,24)(H3,21,23,25). The lowest BCUT2D eigenvalue weighted by Crippen LogP contribution is -2.23. The lowest BCUT2D eigenvalue weighted by Gasteiger charge is -2.12. The number of hydrogen-bond donors (Lipinski definition) is 3. The fourth-order valence-electron chi connectivity index (χ4n) is 2.86. The average molecular weight is 385 g/mol. The van der Waals surface area contributed by atoms with Gasteiger partial charge < -0.3 is 21.1 Å². The molecule has 1 aliphatic rings. The highest BCUT2D eigenvalue weighted by molar-refractivity contribution is 7.99. The second-order valence-electron chi connectivity index (χ2n) is 6.31. The van der Waals surface area contributed by atoms with Crippen LogP contribution in [0.2, 0.25) is 0 Å². The molecule has 1 aliphatic heterocycles. The molecule has 0 aliphatic carbocycles. The van der Waals surface area contributed by atoms with Crippen molar-refractivity contribution in [3.05, 3.63) is 59.7 Å². The zero-order valence-electron chi connectivity index (χ0n) is 14.9. The van der Waals surface area contributed by atoms with E-state index < -0.39 is 6.03 Å². The summed E-state index contributed by atoms with van der Waals surface area (Å²) in [5.41, 5.74) is 7.31. The Balaban J connectivity index is 1.56. The van der Waals surface area contributed by atoms with Gasteiger partial charge in [0.25, 0.3) is 5.91 Å². The molecule has 4 N–H and O–H groups in total. The van der Waals surface area contributed by atoms with Crippen LogP contribution in [0.15, 0.2) is 53.4 Å². The third-order valence-corrected chi connectivity index (χ3v) is 5.46. The van der Waals surface area contributed by atoms with Crippen molar-refractivity contribution in [2.75, 3.05) is 17.7 Å². The summed E-state index contributed by atoms with van der Waals surface area (Å²) < 4.78 is 5.66. The second-order valence-corrected chi connectivity index (χ2v) is 7.37. The minimum Gasteiger partial charge on any atom is -0.377 e. The van der Waals surface area contributed by atoms with Crippen LogP contribution in [-0.2, 0) is 11.3 Å². The smallest absolute Gasteiger partial charge is 0.316 e. The largest absolute Gasteiger partial charge is 0.377 e. The maximum Gasteiger partial charge on any atom is 0.316 e. The van der Waals surface area contributed by atoms with Gasteiger partial charge in [0, 0.05) is 29.5 Å². The van der Waals surface area contributed by atoms with Crippen molar-refractivity contribution in [1.29, 1.82) is 0 Å². The Bertz CT molecular complexity index is 789. The molecule has 0 spiro atoms. The summed E-state index contributed by atoms with van der Waals surface area (Å²) in [6, 6.07) is 14.2. The molecule has 2 aromatic carbocycles. The van der Waals surface area contributed by atoms with Crippen molar-refractivity contribution in [3.8, 4) is 0 Å². The fourth-order valence-corrected chi connectivity index (χ4v) is 3.98. The Kier molecular flexibility index (Phi) is 6.73. The highest BCUT2D eigenvalue weighted by Gasteiger charge is 2.17. The number of benzene rings is 2. The van der Waals surface area contributed by atoms with Crippen LogP contribution in [0.5, 0.6) is 0 Å². The number of primary amides is 1. The van der Waals surface area contributed by atoms with E-state index in [4.69, 9.17) is 10.5 Å². The zero-order valence-corrected chi connectivity index (χ0v) is 15.8. The van der Waals surface area contributed by atoms with E-state index in [9.17, 15) is 9.59 Å². The van der Waals surface area contributed by atoms with Crippen LogP contribution in [0.4, 0.5) is 10.5 Å². The molecule has 0 aromatic heterocycles. The second kappa shape index (κ2) is 9.43. The van der Waals surface area contributed by atoms with Gasteiger partial charge in [0.2, 0.25) is 0 Å². The molecule has 0 bridgehead atoms. The van der Waals surface area contributed by atoms with E-state index in [0.29, 0.717) is 17.8 Å². The minimum absolute atomic E-state index is 0.107. The van der Waals surface area contributed by atoms with Crippen LogP contribution < -0.4 is 16.4 Å². The number of urea groups is 1. The maximum absolute atomic E-state index is 12.6. The number of amides is 3. The lowest BCUT2D eigenvalue weighted by molar-refractivity contribution is 0.0947. The molecule has 1 atom stereocenters. The predicted octanol–water partition coefficient (Wildman–Crippen LogP) is 3.38. The molecule has 6 nitrogen and oxygen atoms in total. The molecule has 0 radical (unpaired) electrons. The van der Waals surface area contributed by atoms with Crippen LogP contribution in [-0.4, -0.2) is 30.4 Å². The van der Waals surface area contributed by atoms with Crippen LogP contribution in [0.3, 0.4) is 0 Å². The summed E-state index contributed by atoms with van der Waals surface area (Å²) in [4.78, 5) is 24.4. The van der Waals surface area contributed by atoms with Gasteiger partial charge in [-0.05, 0) is 42.7 Å². The third kappa shape index (κ3) is 5.74. The molecule has 1 heterocycles. The Morgan fingerprint density at radius 2 is 1.93 bits per heavy atom. The van der Waals surface area contributed by atoms with Crippen molar-refractivity contribution in [1.82, 2.24) is 5.32 Å². The van der Waals surface area contributed by atoms with Gasteiger partial charge in [-0.25, -0.2) is 4.79 Å². The number of anilines is 1. The number of nitrogens with two attached hydrogens (primary N) is 1. The summed E-state index contributed by atoms with van der Waals surface area (Å²) >= 11 is 1.66. The number of nitrogens with one attached hydrogen (secondary N) is 2. The van der Waals surface area contributed by atoms with Crippen molar-refractivity contribution < 1.29 is 14.3 Å². The van der Waals surface area contributed by atoms with Crippen molar-refractivity contribution in [2.24, 2.45) is 5.73 Å². The molecule has 27 heavy (non-hydrogen) atoms. The van der Waals surface area contributed by atoms with E-state index in [1.807, 2.05) is 36.4 Å². The molecule has 1 fully saturated rings. The fraction of sp³-hybridized carbons (Fsp3) is 0.300. The molecular formula is C20H23N3O3S. The van der Waals surface area contributed by atoms with Crippen LogP contribution in [0.1, 0.15) is 28.8 Å². The van der Waals surface area contributed by atoms with E-state index >= 15 is 0 Å². The quantitative estimate of drug-likeness (QED) is 0.637. The van der Waals surface area contributed by atoms with Gasteiger partial charge in [-0.2, -0.15) is 0 Å². The third-order valence-electron chi connectivity index (χ3n) is 4.25. The normalized spacial score (nSPS) is 16.1. The van der Waals surface area contributed by atoms with E-state index in [1.165, 1.54) is 0 Å². The molecule has 3 rings (SSSR count). The number of thioether (sulfide) groups is 1. The molecule has 1 unspecified atom stereocenters. The first-order valence-electron chi connectivity index (χ1n) is 8.89. The van der Waals surface area contributed by atoms with E-state index in [2.05, 4.69) is 10.6 Å². The Morgan fingerprint density at radius 3 is 2.63 bits per heavy atom. The Morgan fingerprint density at radius 1 is 1.15 bits per heavy atom. The predicted molar refractivity (Wildman–Crippen MR) is 107 cm³/mol. The van der Waals surface area contributed by atoms with Gasteiger partial charge in [-0.1, -0.05) is 24.3 Å². The van der Waals surface area contributed by atoms with Crippen LogP contribution in [0.25, 0.3) is 0 Å². The first-order valence-corrected chi connectivity index (χ1v) is 9.87. The minimum atomic E-state index is -0.604. The number of rotatable bonds is 7. The summed E-state index contributed by atoms with van der Waals surface area (Å²) in [7, 11) is 0. The highest BCUT2D eigenvalue weighted by atomic mass is 32.2.